The van der Waals surface area contributed by atoms with Gasteiger partial charge in [0, 0.05) is 30.8 Å². The normalized spacial score (nSPS) is 17.1. The molecule has 27 heavy (non-hydrogen) atoms. The van der Waals surface area contributed by atoms with Gasteiger partial charge in [-0.05, 0) is 37.1 Å². The van der Waals surface area contributed by atoms with E-state index in [1.54, 1.807) is 38.7 Å². The number of piperidine rings is 1. The number of rotatable bonds is 5. The number of ether oxygens (including phenoxy) is 2. The highest BCUT2D eigenvalue weighted by molar-refractivity contribution is 5.99. The molecule has 0 bridgehead atoms. The van der Waals surface area contributed by atoms with Gasteiger partial charge in [-0.1, -0.05) is 0 Å². The molecular weight excluding hydrogens is 344 g/mol. The van der Waals surface area contributed by atoms with E-state index in [9.17, 15) is 4.79 Å². The zero-order chi connectivity index (χ0) is 18.8. The second-order valence-electron chi connectivity index (χ2n) is 6.66. The Morgan fingerprint density at radius 2 is 2.04 bits per heavy atom. The third-order valence-corrected chi connectivity index (χ3v) is 5.09. The summed E-state index contributed by atoms with van der Waals surface area (Å²) in [5, 5.41) is 0.983. The van der Waals surface area contributed by atoms with Crippen molar-refractivity contribution in [3.63, 3.8) is 0 Å². The van der Waals surface area contributed by atoms with E-state index in [2.05, 4.69) is 19.9 Å². The monoisotopic (exact) mass is 366 g/mol. The Morgan fingerprint density at radius 3 is 2.85 bits per heavy atom. The van der Waals surface area contributed by atoms with Crippen LogP contribution in [0.2, 0.25) is 0 Å². The lowest BCUT2D eigenvalue weighted by atomic mass is 9.89. The molecule has 1 aromatic carbocycles. The van der Waals surface area contributed by atoms with E-state index in [1.165, 1.54) is 0 Å². The maximum atomic E-state index is 13.1. The maximum Gasteiger partial charge on any atom is 0.167 e. The van der Waals surface area contributed by atoms with Gasteiger partial charge in [-0.3, -0.25) is 4.79 Å². The minimum Gasteiger partial charge on any atom is -0.493 e. The summed E-state index contributed by atoms with van der Waals surface area (Å²) in [6, 6.07) is 7.32. The Labute approximate surface area is 157 Å². The summed E-state index contributed by atoms with van der Waals surface area (Å²) in [7, 11) is 3.16. The first-order valence-corrected chi connectivity index (χ1v) is 9.00. The number of fused-ring (bicyclic) bond motifs is 1. The highest BCUT2D eigenvalue weighted by Gasteiger charge is 2.28. The van der Waals surface area contributed by atoms with Crippen LogP contribution in [0.15, 0.2) is 36.8 Å². The summed E-state index contributed by atoms with van der Waals surface area (Å²) >= 11 is 0. The first-order chi connectivity index (χ1) is 13.2. The van der Waals surface area contributed by atoms with Gasteiger partial charge in [-0.25, -0.2) is 9.97 Å². The van der Waals surface area contributed by atoms with E-state index in [4.69, 9.17) is 9.47 Å². The van der Waals surface area contributed by atoms with Crippen molar-refractivity contribution in [2.75, 3.05) is 32.2 Å². The Morgan fingerprint density at radius 1 is 1.19 bits per heavy atom. The predicted molar refractivity (Wildman–Crippen MR) is 103 cm³/mol. The topological polar surface area (TPSA) is 80.3 Å². The molecule has 1 fully saturated rings. The zero-order valence-corrected chi connectivity index (χ0v) is 15.4. The molecule has 1 aliphatic rings. The summed E-state index contributed by atoms with van der Waals surface area (Å²) in [4.78, 5) is 27.1. The average Bonchev–Trinajstić information content (AvgIpc) is 3.21. The largest absolute Gasteiger partial charge is 0.493 e. The first-order valence-electron chi connectivity index (χ1n) is 9.00. The summed E-state index contributed by atoms with van der Waals surface area (Å²) in [6.07, 6.45) is 5.23. The molecule has 7 heteroatoms. The van der Waals surface area contributed by atoms with Crippen LogP contribution in [0.5, 0.6) is 11.5 Å². The molecule has 2 aromatic heterocycles. The molecule has 3 heterocycles. The van der Waals surface area contributed by atoms with Crippen molar-refractivity contribution in [1.29, 1.82) is 0 Å². The van der Waals surface area contributed by atoms with E-state index >= 15 is 0 Å². The number of hydrogen-bond donors (Lipinski definition) is 1. The number of nitrogens with one attached hydrogen (secondary N) is 1. The number of H-pyrrole nitrogens is 1. The number of benzene rings is 1. The number of ketones is 1. The van der Waals surface area contributed by atoms with Crippen LogP contribution in [0.4, 0.5) is 5.82 Å². The van der Waals surface area contributed by atoms with Crippen molar-refractivity contribution in [2.45, 2.75) is 12.8 Å². The van der Waals surface area contributed by atoms with Crippen molar-refractivity contribution in [3.8, 4) is 11.5 Å². The van der Waals surface area contributed by atoms with Gasteiger partial charge >= 0.3 is 0 Å². The summed E-state index contributed by atoms with van der Waals surface area (Å²) in [6.45, 7) is 1.53. The van der Waals surface area contributed by atoms with Crippen molar-refractivity contribution >= 4 is 22.6 Å². The molecule has 0 saturated carbocycles. The maximum absolute atomic E-state index is 13.1. The second kappa shape index (κ2) is 7.26. The van der Waals surface area contributed by atoms with Crippen molar-refractivity contribution in [1.82, 2.24) is 15.0 Å². The molecule has 0 radical (unpaired) electrons. The van der Waals surface area contributed by atoms with Gasteiger partial charge in [0.1, 0.15) is 17.8 Å². The predicted octanol–water partition coefficient (Wildman–Crippen LogP) is 3.07. The fourth-order valence-corrected chi connectivity index (χ4v) is 3.72. The van der Waals surface area contributed by atoms with Crippen LogP contribution in [0.1, 0.15) is 23.2 Å². The SMILES string of the molecule is COc1ccc(C(=O)C2CCCN(c3ncnc4[nH]ccc34)C2)cc1OC. The molecule has 1 atom stereocenters. The van der Waals surface area contributed by atoms with Gasteiger partial charge in [0.15, 0.2) is 17.3 Å². The number of methoxy groups -OCH3 is 2. The van der Waals surface area contributed by atoms with Gasteiger partial charge in [0.2, 0.25) is 0 Å². The van der Waals surface area contributed by atoms with Gasteiger partial charge in [0.25, 0.3) is 0 Å². The van der Waals surface area contributed by atoms with Crippen molar-refractivity contribution in [2.24, 2.45) is 5.92 Å². The zero-order valence-electron chi connectivity index (χ0n) is 15.4. The average molecular weight is 366 g/mol. The molecule has 1 N–H and O–H groups in total. The Kier molecular flexibility index (Phi) is 4.66. The standard InChI is InChI=1S/C20H22N4O3/c1-26-16-6-5-13(10-17(16)27-2)18(25)14-4-3-9-24(11-14)20-15-7-8-21-19(15)22-12-23-20/h5-8,10,12,14H,3-4,9,11H2,1-2H3,(H,21,22,23). The van der Waals surface area contributed by atoms with Crippen LogP contribution in [0, 0.1) is 5.92 Å². The van der Waals surface area contributed by atoms with E-state index in [1.807, 2.05) is 12.3 Å². The Bertz CT molecular complexity index is 969. The molecule has 0 amide bonds. The molecule has 140 valence electrons. The number of hydrogen-bond acceptors (Lipinski definition) is 6. The number of aromatic nitrogens is 3. The van der Waals surface area contributed by atoms with Crippen LogP contribution in [0.25, 0.3) is 11.0 Å². The Hall–Kier alpha value is -3.09. The fraction of sp³-hybridized carbons (Fsp3) is 0.350. The number of nitrogens with zero attached hydrogens (tertiary/aromatic N) is 3. The highest BCUT2D eigenvalue weighted by Crippen LogP contribution is 2.31. The minimum atomic E-state index is -0.0826. The molecule has 3 aromatic rings. The number of anilines is 1. The van der Waals surface area contributed by atoms with Gasteiger partial charge in [-0.15, -0.1) is 0 Å². The molecule has 0 spiro atoms. The summed E-state index contributed by atoms with van der Waals surface area (Å²) in [5.74, 6) is 2.11. The smallest absolute Gasteiger partial charge is 0.167 e. The molecular formula is C20H22N4O3. The van der Waals surface area contributed by atoms with Crippen LogP contribution >= 0.6 is 0 Å². The molecule has 1 unspecified atom stereocenters. The lowest BCUT2D eigenvalue weighted by molar-refractivity contribution is 0.0906. The van der Waals surface area contributed by atoms with Gasteiger partial charge < -0.3 is 19.4 Å². The van der Waals surface area contributed by atoms with Crippen LogP contribution < -0.4 is 14.4 Å². The minimum absolute atomic E-state index is 0.0826. The summed E-state index contributed by atoms with van der Waals surface area (Å²) < 4.78 is 10.6. The number of aromatic amines is 1. The fourth-order valence-electron chi connectivity index (χ4n) is 3.72. The Balaban J connectivity index is 1.58. The molecule has 7 nitrogen and oxygen atoms in total. The lowest BCUT2D eigenvalue weighted by Crippen LogP contribution is -2.39. The van der Waals surface area contributed by atoms with Gasteiger partial charge in [-0.2, -0.15) is 0 Å². The van der Waals surface area contributed by atoms with E-state index < -0.39 is 0 Å². The molecule has 0 aliphatic carbocycles. The number of carbonyl (C=O) groups excluding carboxylic acids is 1. The molecule has 1 saturated heterocycles. The molecule has 4 rings (SSSR count). The quantitative estimate of drug-likeness (QED) is 0.699. The van der Waals surface area contributed by atoms with Crippen molar-refractivity contribution < 1.29 is 14.3 Å². The van der Waals surface area contributed by atoms with E-state index in [-0.39, 0.29) is 11.7 Å². The van der Waals surface area contributed by atoms with E-state index in [0.29, 0.717) is 23.6 Å². The van der Waals surface area contributed by atoms with E-state index in [0.717, 1.165) is 36.2 Å². The highest BCUT2D eigenvalue weighted by atomic mass is 16.5. The van der Waals surface area contributed by atoms with Crippen LogP contribution in [-0.4, -0.2) is 48.0 Å². The first kappa shape index (κ1) is 17.3. The summed E-state index contributed by atoms with van der Waals surface area (Å²) in [5.41, 5.74) is 1.46. The third-order valence-electron chi connectivity index (χ3n) is 5.09. The van der Waals surface area contributed by atoms with Crippen molar-refractivity contribution in [3.05, 3.63) is 42.4 Å². The molecule has 1 aliphatic heterocycles. The number of Topliss-reactive ketones (excluding diaryl/α,β-unsaturated/α-hetero) is 1. The second-order valence-corrected chi connectivity index (χ2v) is 6.66. The van der Waals surface area contributed by atoms with Gasteiger partial charge in [0.05, 0.1) is 19.6 Å². The lowest BCUT2D eigenvalue weighted by Gasteiger charge is -2.33. The third kappa shape index (κ3) is 3.20. The van der Waals surface area contributed by atoms with Crippen LogP contribution in [-0.2, 0) is 0 Å². The van der Waals surface area contributed by atoms with Crippen LogP contribution in [0.3, 0.4) is 0 Å². The number of carbonyl (C=O) groups is 1.